The maximum absolute atomic E-state index is 12.6. The fraction of sp³-hybridized carbons (Fsp3) is 0.200. The van der Waals surface area contributed by atoms with E-state index in [-0.39, 0.29) is 5.78 Å². The zero-order chi connectivity index (χ0) is 13.2. The molecular formula is C15H15N3O. The lowest BCUT2D eigenvalue weighted by atomic mass is 9.92. The minimum atomic E-state index is -0.0499. The van der Waals surface area contributed by atoms with E-state index in [2.05, 4.69) is 10.3 Å². The van der Waals surface area contributed by atoms with Crippen molar-refractivity contribution in [3.8, 4) is 0 Å². The zero-order valence-electron chi connectivity index (χ0n) is 10.5. The Morgan fingerprint density at radius 3 is 3.00 bits per heavy atom. The number of hydrogen-bond acceptors (Lipinski definition) is 4. The van der Waals surface area contributed by atoms with Crippen LogP contribution in [0.1, 0.15) is 27.9 Å². The molecule has 1 aliphatic heterocycles. The van der Waals surface area contributed by atoms with E-state index in [1.165, 1.54) is 6.20 Å². The largest absolute Gasteiger partial charge is 0.398 e. The average molecular weight is 253 g/mol. The lowest BCUT2D eigenvalue weighted by Crippen LogP contribution is -2.16. The molecule has 1 aromatic carbocycles. The van der Waals surface area contributed by atoms with Crippen molar-refractivity contribution in [3.05, 3.63) is 53.3 Å². The number of nitrogens with zero attached hydrogens (tertiary/aromatic N) is 1. The van der Waals surface area contributed by atoms with Gasteiger partial charge in [0.1, 0.15) is 0 Å². The molecule has 0 radical (unpaired) electrons. The number of carbonyl (C=O) groups is 1. The van der Waals surface area contributed by atoms with Gasteiger partial charge in [0.05, 0.1) is 5.56 Å². The van der Waals surface area contributed by atoms with Gasteiger partial charge in [-0.2, -0.15) is 0 Å². The van der Waals surface area contributed by atoms with Crippen molar-refractivity contribution in [1.29, 1.82) is 0 Å². The third kappa shape index (κ3) is 2.05. The first-order chi connectivity index (χ1) is 9.27. The summed E-state index contributed by atoms with van der Waals surface area (Å²) in [7, 11) is 0. The molecule has 4 nitrogen and oxygen atoms in total. The summed E-state index contributed by atoms with van der Waals surface area (Å²) in [5.74, 6) is -0.0499. The Kier molecular flexibility index (Phi) is 2.91. The summed E-state index contributed by atoms with van der Waals surface area (Å²) in [5, 5.41) is 3.32. The van der Waals surface area contributed by atoms with Crippen molar-refractivity contribution in [1.82, 2.24) is 4.98 Å². The van der Waals surface area contributed by atoms with Gasteiger partial charge in [0.25, 0.3) is 0 Å². The van der Waals surface area contributed by atoms with Crippen molar-refractivity contribution in [2.45, 2.75) is 12.8 Å². The van der Waals surface area contributed by atoms with E-state index in [9.17, 15) is 4.79 Å². The molecule has 0 saturated heterocycles. The molecule has 0 atom stereocenters. The molecule has 0 spiro atoms. The molecule has 2 heterocycles. The molecule has 0 fully saturated rings. The molecule has 19 heavy (non-hydrogen) atoms. The molecule has 1 aromatic heterocycles. The van der Waals surface area contributed by atoms with Gasteiger partial charge in [0, 0.05) is 35.9 Å². The number of anilines is 2. The molecule has 4 heteroatoms. The molecule has 0 saturated carbocycles. The quantitative estimate of drug-likeness (QED) is 0.805. The maximum atomic E-state index is 12.6. The number of pyridine rings is 1. The van der Waals surface area contributed by atoms with E-state index in [0.29, 0.717) is 11.3 Å². The van der Waals surface area contributed by atoms with Crippen molar-refractivity contribution in [2.75, 3.05) is 17.6 Å². The molecule has 3 rings (SSSR count). The summed E-state index contributed by atoms with van der Waals surface area (Å²) >= 11 is 0. The summed E-state index contributed by atoms with van der Waals surface area (Å²) in [4.78, 5) is 16.6. The maximum Gasteiger partial charge on any atom is 0.197 e. The lowest BCUT2D eigenvalue weighted by molar-refractivity contribution is 0.103. The van der Waals surface area contributed by atoms with Crippen LogP contribution >= 0.6 is 0 Å². The predicted molar refractivity (Wildman–Crippen MR) is 75.3 cm³/mol. The van der Waals surface area contributed by atoms with E-state index >= 15 is 0 Å². The summed E-state index contributed by atoms with van der Waals surface area (Å²) in [6.45, 7) is 0.958. The number of fused-ring (bicyclic) bond motifs is 1. The highest BCUT2D eigenvalue weighted by atomic mass is 16.1. The van der Waals surface area contributed by atoms with Gasteiger partial charge < -0.3 is 11.1 Å². The summed E-state index contributed by atoms with van der Waals surface area (Å²) < 4.78 is 0. The zero-order valence-corrected chi connectivity index (χ0v) is 10.5. The third-order valence-electron chi connectivity index (χ3n) is 3.44. The lowest BCUT2D eigenvalue weighted by Gasteiger charge is -2.20. The van der Waals surface area contributed by atoms with Crippen LogP contribution in [0.3, 0.4) is 0 Å². The molecule has 0 unspecified atom stereocenters. The van der Waals surface area contributed by atoms with Gasteiger partial charge in [-0.3, -0.25) is 9.78 Å². The molecule has 3 N–H and O–H groups in total. The van der Waals surface area contributed by atoms with Gasteiger partial charge in [0.15, 0.2) is 5.78 Å². The third-order valence-corrected chi connectivity index (χ3v) is 3.44. The molecule has 96 valence electrons. The standard InChI is InChI=1S/C15H15N3O/c16-13-6-8-17-9-12(13)15(19)11-3-1-5-14-10(11)4-2-7-18-14/h1,3,5-6,8-9,18H,2,4,7H2,(H2,16,17). The van der Waals surface area contributed by atoms with E-state index in [4.69, 9.17) is 5.73 Å². The topological polar surface area (TPSA) is 68.0 Å². The second-order valence-corrected chi connectivity index (χ2v) is 4.65. The van der Waals surface area contributed by atoms with E-state index in [0.717, 1.165) is 36.2 Å². The Labute approximate surface area is 111 Å². The second-order valence-electron chi connectivity index (χ2n) is 4.65. The molecule has 0 bridgehead atoms. The highest BCUT2D eigenvalue weighted by molar-refractivity contribution is 6.13. The van der Waals surface area contributed by atoms with Crippen LogP contribution in [0.2, 0.25) is 0 Å². The van der Waals surface area contributed by atoms with E-state index < -0.39 is 0 Å². The van der Waals surface area contributed by atoms with Crippen LogP contribution in [0.25, 0.3) is 0 Å². The highest BCUT2D eigenvalue weighted by Gasteiger charge is 2.19. The minimum Gasteiger partial charge on any atom is -0.398 e. The normalized spacial score (nSPS) is 13.5. The Morgan fingerprint density at radius 1 is 1.26 bits per heavy atom. The van der Waals surface area contributed by atoms with E-state index in [1.807, 2.05) is 18.2 Å². The number of hydrogen-bond donors (Lipinski definition) is 2. The summed E-state index contributed by atoms with van der Waals surface area (Å²) in [5.41, 5.74) is 9.67. The molecule has 0 aliphatic carbocycles. The SMILES string of the molecule is Nc1ccncc1C(=O)c1cccc2c1CCCN2. The van der Waals surface area contributed by atoms with Crippen molar-refractivity contribution >= 4 is 17.2 Å². The number of aromatic nitrogens is 1. The predicted octanol–water partition coefficient (Wildman–Crippen LogP) is 2.25. The van der Waals surface area contributed by atoms with Crippen LogP contribution in [0.4, 0.5) is 11.4 Å². The van der Waals surface area contributed by atoms with Gasteiger partial charge >= 0.3 is 0 Å². The Balaban J connectivity index is 2.08. The van der Waals surface area contributed by atoms with Crippen LogP contribution in [0.5, 0.6) is 0 Å². The Bertz CT molecular complexity index is 637. The Hall–Kier alpha value is -2.36. The minimum absolute atomic E-state index is 0.0499. The number of carbonyl (C=O) groups excluding carboxylic acids is 1. The summed E-state index contributed by atoms with van der Waals surface area (Å²) in [6.07, 6.45) is 5.09. The molecular weight excluding hydrogens is 238 g/mol. The van der Waals surface area contributed by atoms with Crippen LogP contribution in [0.15, 0.2) is 36.7 Å². The van der Waals surface area contributed by atoms with E-state index in [1.54, 1.807) is 12.3 Å². The van der Waals surface area contributed by atoms with Crippen LogP contribution in [-0.4, -0.2) is 17.3 Å². The molecule has 0 amide bonds. The van der Waals surface area contributed by atoms with Crippen LogP contribution < -0.4 is 11.1 Å². The number of benzene rings is 1. The van der Waals surface area contributed by atoms with Crippen LogP contribution in [-0.2, 0) is 6.42 Å². The number of ketones is 1. The van der Waals surface area contributed by atoms with Gasteiger partial charge in [-0.15, -0.1) is 0 Å². The van der Waals surface area contributed by atoms with Gasteiger partial charge in [-0.25, -0.2) is 0 Å². The average Bonchev–Trinajstić information content (AvgIpc) is 2.46. The Morgan fingerprint density at radius 2 is 2.16 bits per heavy atom. The van der Waals surface area contributed by atoms with Gasteiger partial charge in [-0.05, 0) is 30.5 Å². The van der Waals surface area contributed by atoms with Gasteiger partial charge in [0.2, 0.25) is 0 Å². The van der Waals surface area contributed by atoms with Crippen molar-refractivity contribution in [3.63, 3.8) is 0 Å². The number of nitrogen functional groups attached to an aromatic ring is 1. The van der Waals surface area contributed by atoms with Crippen molar-refractivity contribution in [2.24, 2.45) is 0 Å². The monoisotopic (exact) mass is 253 g/mol. The first-order valence-corrected chi connectivity index (χ1v) is 6.37. The fourth-order valence-electron chi connectivity index (χ4n) is 2.46. The molecule has 1 aliphatic rings. The first kappa shape index (κ1) is 11.7. The number of nitrogens with one attached hydrogen (secondary N) is 1. The highest BCUT2D eigenvalue weighted by Crippen LogP contribution is 2.27. The fourth-order valence-corrected chi connectivity index (χ4v) is 2.46. The number of rotatable bonds is 2. The summed E-state index contributed by atoms with van der Waals surface area (Å²) in [6, 6.07) is 7.43. The van der Waals surface area contributed by atoms with Crippen LogP contribution in [0, 0.1) is 0 Å². The van der Waals surface area contributed by atoms with Gasteiger partial charge in [-0.1, -0.05) is 12.1 Å². The first-order valence-electron chi connectivity index (χ1n) is 6.37. The van der Waals surface area contributed by atoms with Crippen molar-refractivity contribution < 1.29 is 4.79 Å². The number of nitrogens with two attached hydrogens (primary N) is 1. The molecule has 2 aromatic rings. The second kappa shape index (κ2) is 4.72. The smallest absolute Gasteiger partial charge is 0.197 e.